The second-order valence-corrected chi connectivity index (χ2v) is 6.64. The first-order valence-corrected chi connectivity index (χ1v) is 9.15. The molecule has 2 aromatic rings. The van der Waals surface area contributed by atoms with E-state index in [0.29, 0.717) is 19.7 Å². The Bertz CT molecular complexity index is 759. The van der Waals surface area contributed by atoms with Crippen molar-refractivity contribution in [3.05, 3.63) is 54.1 Å². The number of ether oxygens (including phenoxy) is 1. The largest absolute Gasteiger partial charge is 0.376 e. The highest BCUT2D eigenvalue weighted by Gasteiger charge is 2.24. The lowest BCUT2D eigenvalue weighted by atomic mass is 10.2. The molecule has 1 aromatic heterocycles. The predicted octanol–water partition coefficient (Wildman–Crippen LogP) is 2.44. The first-order valence-electron chi connectivity index (χ1n) is 9.15. The highest BCUT2D eigenvalue weighted by molar-refractivity contribution is 5.93. The number of hydrogen-bond acceptors (Lipinski definition) is 5. The first-order chi connectivity index (χ1) is 13.1. The Kier molecular flexibility index (Phi) is 6.49. The smallest absolute Gasteiger partial charge is 0.274 e. The predicted molar refractivity (Wildman–Crippen MR) is 101 cm³/mol. The van der Waals surface area contributed by atoms with E-state index in [-0.39, 0.29) is 30.0 Å². The van der Waals surface area contributed by atoms with Crippen molar-refractivity contribution in [2.75, 3.05) is 25.0 Å². The van der Waals surface area contributed by atoms with Crippen molar-refractivity contribution in [3.63, 3.8) is 0 Å². The molecule has 0 saturated carbocycles. The molecule has 0 radical (unpaired) electrons. The van der Waals surface area contributed by atoms with Gasteiger partial charge in [-0.2, -0.15) is 0 Å². The number of anilines is 1. The summed E-state index contributed by atoms with van der Waals surface area (Å²) in [7, 11) is 0. The molecule has 7 heteroatoms. The van der Waals surface area contributed by atoms with Crippen LogP contribution < -0.4 is 5.32 Å². The van der Waals surface area contributed by atoms with Gasteiger partial charge in [-0.25, -0.2) is 4.98 Å². The molecule has 1 aliphatic rings. The van der Waals surface area contributed by atoms with Crippen molar-refractivity contribution < 1.29 is 14.3 Å². The fourth-order valence-corrected chi connectivity index (χ4v) is 2.98. The molecule has 142 valence electrons. The van der Waals surface area contributed by atoms with E-state index in [0.717, 1.165) is 24.1 Å². The van der Waals surface area contributed by atoms with Crippen molar-refractivity contribution in [1.29, 1.82) is 0 Å². The van der Waals surface area contributed by atoms with E-state index >= 15 is 0 Å². The van der Waals surface area contributed by atoms with Gasteiger partial charge < -0.3 is 15.0 Å². The number of carbonyl (C=O) groups excluding carboxylic acids is 2. The zero-order valence-corrected chi connectivity index (χ0v) is 15.4. The van der Waals surface area contributed by atoms with Crippen LogP contribution in [0, 0.1) is 6.92 Å². The van der Waals surface area contributed by atoms with Gasteiger partial charge in [0.1, 0.15) is 5.69 Å². The zero-order chi connectivity index (χ0) is 19.1. The van der Waals surface area contributed by atoms with E-state index in [2.05, 4.69) is 15.3 Å². The average Bonchev–Trinajstić information content (AvgIpc) is 3.20. The van der Waals surface area contributed by atoms with E-state index in [4.69, 9.17) is 4.74 Å². The molecular weight excluding hydrogens is 344 g/mol. The van der Waals surface area contributed by atoms with Crippen molar-refractivity contribution in [1.82, 2.24) is 14.9 Å². The lowest BCUT2D eigenvalue weighted by Gasteiger charge is -2.25. The number of nitrogens with one attached hydrogen (secondary N) is 1. The summed E-state index contributed by atoms with van der Waals surface area (Å²) >= 11 is 0. The number of carbonyl (C=O) groups is 2. The van der Waals surface area contributed by atoms with Gasteiger partial charge >= 0.3 is 0 Å². The van der Waals surface area contributed by atoms with Crippen LogP contribution in [0.25, 0.3) is 0 Å². The summed E-state index contributed by atoms with van der Waals surface area (Å²) in [6, 6.07) is 7.61. The van der Waals surface area contributed by atoms with Gasteiger partial charge in [0.05, 0.1) is 12.3 Å². The number of aryl methyl sites for hydroxylation is 1. The van der Waals surface area contributed by atoms with Gasteiger partial charge in [0, 0.05) is 44.2 Å². The van der Waals surface area contributed by atoms with E-state index < -0.39 is 0 Å². The third-order valence-electron chi connectivity index (χ3n) is 4.46. The Morgan fingerprint density at radius 1 is 1.26 bits per heavy atom. The SMILES string of the molecule is Cc1ccc(NC(=O)CCN(CC2CCCO2)C(=O)c2cnccn2)cc1. The van der Waals surface area contributed by atoms with E-state index in [9.17, 15) is 9.59 Å². The summed E-state index contributed by atoms with van der Waals surface area (Å²) in [4.78, 5) is 34.7. The van der Waals surface area contributed by atoms with Gasteiger partial charge in [0.15, 0.2) is 0 Å². The second kappa shape index (κ2) is 9.23. The van der Waals surface area contributed by atoms with Crippen molar-refractivity contribution in [2.45, 2.75) is 32.3 Å². The third-order valence-corrected chi connectivity index (χ3v) is 4.46. The molecule has 3 rings (SSSR count). The molecule has 1 aliphatic heterocycles. The molecule has 0 bridgehead atoms. The van der Waals surface area contributed by atoms with Crippen LogP contribution in [0.2, 0.25) is 0 Å². The molecule has 2 amide bonds. The summed E-state index contributed by atoms with van der Waals surface area (Å²) in [6.07, 6.45) is 6.57. The number of aromatic nitrogens is 2. The van der Waals surface area contributed by atoms with E-state index in [1.54, 1.807) is 4.90 Å². The molecule has 1 N–H and O–H groups in total. The molecular formula is C20H24N4O3. The van der Waals surface area contributed by atoms with Crippen LogP contribution in [0.1, 0.15) is 35.3 Å². The summed E-state index contributed by atoms with van der Waals surface area (Å²) < 4.78 is 5.65. The number of benzene rings is 1. The van der Waals surface area contributed by atoms with Crippen molar-refractivity contribution in [3.8, 4) is 0 Å². The fraction of sp³-hybridized carbons (Fsp3) is 0.400. The topological polar surface area (TPSA) is 84.4 Å². The zero-order valence-electron chi connectivity index (χ0n) is 15.4. The summed E-state index contributed by atoms with van der Waals surface area (Å²) in [6.45, 7) is 3.46. The maximum Gasteiger partial charge on any atom is 0.274 e. The van der Waals surface area contributed by atoms with Crippen LogP contribution in [0.4, 0.5) is 5.69 Å². The van der Waals surface area contributed by atoms with Crippen LogP contribution in [-0.2, 0) is 9.53 Å². The molecule has 2 heterocycles. The first kappa shape index (κ1) is 19.0. The fourth-order valence-electron chi connectivity index (χ4n) is 2.98. The van der Waals surface area contributed by atoms with Gasteiger partial charge in [-0.15, -0.1) is 0 Å². The molecule has 0 aliphatic carbocycles. The summed E-state index contributed by atoms with van der Waals surface area (Å²) in [5, 5.41) is 2.86. The Balaban J connectivity index is 1.60. The van der Waals surface area contributed by atoms with Crippen molar-refractivity contribution in [2.24, 2.45) is 0 Å². The van der Waals surface area contributed by atoms with Gasteiger partial charge in [0.25, 0.3) is 5.91 Å². The molecule has 1 atom stereocenters. The molecule has 1 unspecified atom stereocenters. The Morgan fingerprint density at radius 2 is 2.07 bits per heavy atom. The molecule has 1 aromatic carbocycles. The lowest BCUT2D eigenvalue weighted by molar-refractivity contribution is -0.116. The van der Waals surface area contributed by atoms with Crippen LogP contribution in [-0.4, -0.2) is 52.5 Å². The van der Waals surface area contributed by atoms with Gasteiger partial charge in [0.2, 0.25) is 5.91 Å². The summed E-state index contributed by atoms with van der Waals surface area (Å²) in [5.74, 6) is -0.370. The number of hydrogen-bond donors (Lipinski definition) is 1. The molecule has 27 heavy (non-hydrogen) atoms. The Hall–Kier alpha value is -2.80. The van der Waals surface area contributed by atoms with Crippen LogP contribution in [0.3, 0.4) is 0 Å². The van der Waals surface area contributed by atoms with Crippen molar-refractivity contribution >= 4 is 17.5 Å². The number of amides is 2. The molecule has 7 nitrogen and oxygen atoms in total. The average molecular weight is 368 g/mol. The monoisotopic (exact) mass is 368 g/mol. The minimum absolute atomic E-state index is 0.00535. The minimum Gasteiger partial charge on any atom is -0.376 e. The Labute approximate surface area is 158 Å². The molecule has 0 spiro atoms. The third kappa shape index (κ3) is 5.59. The lowest BCUT2D eigenvalue weighted by Crippen LogP contribution is -2.39. The van der Waals surface area contributed by atoms with Gasteiger partial charge in [-0.05, 0) is 31.9 Å². The van der Waals surface area contributed by atoms with Gasteiger partial charge in [-0.3, -0.25) is 14.6 Å². The summed E-state index contributed by atoms with van der Waals surface area (Å²) in [5.41, 5.74) is 2.15. The maximum atomic E-state index is 12.8. The van der Waals surface area contributed by atoms with E-state index in [1.807, 2.05) is 31.2 Å². The van der Waals surface area contributed by atoms with Crippen LogP contribution >= 0.6 is 0 Å². The highest BCUT2D eigenvalue weighted by atomic mass is 16.5. The van der Waals surface area contributed by atoms with E-state index in [1.165, 1.54) is 18.6 Å². The maximum absolute atomic E-state index is 12.8. The highest BCUT2D eigenvalue weighted by Crippen LogP contribution is 2.15. The second-order valence-electron chi connectivity index (χ2n) is 6.64. The normalized spacial score (nSPS) is 16.1. The number of rotatable bonds is 7. The van der Waals surface area contributed by atoms with Gasteiger partial charge in [-0.1, -0.05) is 17.7 Å². The molecule has 1 saturated heterocycles. The standard InChI is InChI=1S/C20H24N4O3/c1-15-4-6-16(7-5-15)23-19(25)8-11-24(14-17-3-2-12-27-17)20(26)18-13-21-9-10-22-18/h4-7,9-10,13,17H,2-3,8,11-12,14H2,1H3,(H,23,25). The molecule has 1 fully saturated rings. The minimum atomic E-state index is -0.235. The number of nitrogens with zero attached hydrogens (tertiary/aromatic N) is 3. The quantitative estimate of drug-likeness (QED) is 0.811. The Morgan fingerprint density at radius 3 is 2.74 bits per heavy atom. The van der Waals surface area contributed by atoms with Crippen LogP contribution in [0.5, 0.6) is 0 Å². The van der Waals surface area contributed by atoms with Crippen LogP contribution in [0.15, 0.2) is 42.9 Å².